The van der Waals surface area contributed by atoms with Gasteiger partial charge in [0.25, 0.3) is 0 Å². The highest BCUT2D eigenvalue weighted by Crippen LogP contribution is 2.12. The van der Waals surface area contributed by atoms with Crippen LogP contribution >= 0.6 is 0 Å². The number of carbonyl (C=O) groups excluding carboxylic acids is 1. The highest BCUT2D eigenvalue weighted by Gasteiger charge is 2.22. The van der Waals surface area contributed by atoms with Crippen molar-refractivity contribution >= 4 is 21.9 Å². The number of carboxylic acids is 1. The molecule has 1 unspecified atom stereocenters. The number of benzene rings is 1. The second-order valence-corrected chi connectivity index (χ2v) is 6.50. The number of nitrogens with one attached hydrogen (secondary N) is 1. The second kappa shape index (κ2) is 6.68. The Bertz CT molecular complexity index is 622. The number of rotatable bonds is 6. The Balaban J connectivity index is 2.88. The summed E-state index contributed by atoms with van der Waals surface area (Å²) in [6.45, 7) is 1.46. The minimum absolute atomic E-state index is 0.0185. The van der Waals surface area contributed by atoms with Gasteiger partial charge >= 0.3 is 5.97 Å². The first kappa shape index (κ1) is 17.1. The average Bonchev–Trinajstić information content (AvgIpc) is 2.37. The lowest BCUT2D eigenvalue weighted by atomic mass is 10.2. The topological polar surface area (TPSA) is 104 Å². The lowest BCUT2D eigenvalue weighted by Crippen LogP contribution is -2.44. The molecule has 0 aromatic heterocycles. The maximum atomic E-state index is 12.1. The highest BCUT2D eigenvalue weighted by molar-refractivity contribution is 7.89. The first-order valence-corrected chi connectivity index (χ1v) is 7.66. The van der Waals surface area contributed by atoms with E-state index in [1.807, 2.05) is 0 Å². The molecule has 21 heavy (non-hydrogen) atoms. The van der Waals surface area contributed by atoms with E-state index >= 15 is 0 Å². The standard InChI is InChI=1S/C13H18N2O5S/c1-9(13(18)15(2)3)14-21(19,20)11-6-4-10(5-7-11)8-12(16)17/h4-7,9,14H,8H2,1-3H3,(H,16,17). The minimum atomic E-state index is -3.83. The van der Waals surface area contributed by atoms with Crippen LogP contribution in [0.1, 0.15) is 12.5 Å². The number of aliphatic carboxylic acids is 1. The maximum Gasteiger partial charge on any atom is 0.307 e. The Morgan fingerprint density at radius 3 is 2.19 bits per heavy atom. The van der Waals surface area contributed by atoms with Crippen molar-refractivity contribution in [3.63, 3.8) is 0 Å². The zero-order chi connectivity index (χ0) is 16.2. The van der Waals surface area contributed by atoms with Crippen LogP contribution in [0.15, 0.2) is 29.2 Å². The summed E-state index contributed by atoms with van der Waals surface area (Å²) in [7, 11) is -0.757. The molecule has 8 heteroatoms. The molecule has 0 saturated carbocycles. The molecular formula is C13H18N2O5S. The highest BCUT2D eigenvalue weighted by atomic mass is 32.2. The molecule has 0 heterocycles. The molecule has 116 valence electrons. The van der Waals surface area contributed by atoms with Crippen LogP contribution in [0.2, 0.25) is 0 Å². The van der Waals surface area contributed by atoms with Crippen LogP contribution in [-0.2, 0) is 26.0 Å². The van der Waals surface area contributed by atoms with Crippen molar-refractivity contribution in [2.24, 2.45) is 0 Å². The summed E-state index contributed by atoms with van der Waals surface area (Å²) in [5.74, 6) is -1.35. The van der Waals surface area contributed by atoms with E-state index in [0.29, 0.717) is 5.56 Å². The van der Waals surface area contributed by atoms with Gasteiger partial charge < -0.3 is 10.0 Å². The summed E-state index contributed by atoms with van der Waals surface area (Å²) in [4.78, 5) is 23.5. The first-order chi connectivity index (χ1) is 9.63. The molecule has 1 aromatic rings. The van der Waals surface area contributed by atoms with Gasteiger partial charge in [-0.2, -0.15) is 4.72 Å². The summed E-state index contributed by atoms with van der Waals surface area (Å²) in [6.07, 6.45) is -0.177. The fraction of sp³-hybridized carbons (Fsp3) is 0.385. The molecule has 1 aromatic carbocycles. The fourth-order valence-electron chi connectivity index (χ4n) is 1.70. The summed E-state index contributed by atoms with van der Waals surface area (Å²) >= 11 is 0. The number of likely N-dealkylation sites (N-methyl/N-ethyl adjacent to an activating group) is 1. The monoisotopic (exact) mass is 314 g/mol. The van der Waals surface area contributed by atoms with Crippen LogP contribution in [0.25, 0.3) is 0 Å². The van der Waals surface area contributed by atoms with Gasteiger partial charge in [0.15, 0.2) is 0 Å². The molecule has 0 aliphatic heterocycles. The van der Waals surface area contributed by atoms with Crippen molar-refractivity contribution in [3.8, 4) is 0 Å². The third kappa shape index (κ3) is 4.83. The van der Waals surface area contributed by atoms with E-state index in [2.05, 4.69) is 4.72 Å². The lowest BCUT2D eigenvalue weighted by Gasteiger charge is -2.18. The molecule has 0 aliphatic carbocycles. The van der Waals surface area contributed by atoms with Crippen molar-refractivity contribution in [2.75, 3.05) is 14.1 Å². The van der Waals surface area contributed by atoms with Crippen molar-refractivity contribution in [1.29, 1.82) is 0 Å². The molecule has 7 nitrogen and oxygen atoms in total. The van der Waals surface area contributed by atoms with E-state index < -0.39 is 22.0 Å². The number of carbonyl (C=O) groups is 2. The predicted octanol–water partition coefficient (Wildman–Crippen LogP) is 0.0687. The summed E-state index contributed by atoms with van der Waals surface area (Å²) in [6, 6.07) is 4.60. The first-order valence-electron chi connectivity index (χ1n) is 6.17. The van der Waals surface area contributed by atoms with Crippen molar-refractivity contribution in [2.45, 2.75) is 24.3 Å². The van der Waals surface area contributed by atoms with Crippen LogP contribution in [0.5, 0.6) is 0 Å². The molecule has 0 bridgehead atoms. The number of carboxylic acid groups (broad SMARTS) is 1. The molecule has 0 aliphatic rings. The normalized spacial score (nSPS) is 12.7. The van der Waals surface area contributed by atoms with Gasteiger partial charge in [0.2, 0.25) is 15.9 Å². The van der Waals surface area contributed by atoms with E-state index in [1.165, 1.54) is 50.2 Å². The molecule has 0 saturated heterocycles. The Hall–Kier alpha value is -1.93. The van der Waals surface area contributed by atoms with Crippen LogP contribution in [0.4, 0.5) is 0 Å². The predicted molar refractivity (Wildman–Crippen MR) is 76.3 cm³/mol. The van der Waals surface area contributed by atoms with Gasteiger partial charge in [-0.25, -0.2) is 8.42 Å². The Labute approximate surface area is 123 Å². The molecule has 1 atom stereocenters. The van der Waals surface area contributed by atoms with Gasteiger partial charge in [0, 0.05) is 14.1 Å². The lowest BCUT2D eigenvalue weighted by molar-refractivity contribution is -0.136. The zero-order valence-corrected chi connectivity index (χ0v) is 12.8. The molecule has 2 N–H and O–H groups in total. The number of hydrogen-bond acceptors (Lipinski definition) is 4. The summed E-state index contributed by atoms with van der Waals surface area (Å²) < 4.78 is 26.5. The van der Waals surface area contributed by atoms with Crippen molar-refractivity contribution < 1.29 is 23.1 Å². The smallest absolute Gasteiger partial charge is 0.307 e. The second-order valence-electron chi connectivity index (χ2n) is 4.79. The fourth-order valence-corrected chi connectivity index (χ4v) is 2.90. The van der Waals surface area contributed by atoms with Crippen LogP contribution < -0.4 is 4.72 Å². The number of sulfonamides is 1. The van der Waals surface area contributed by atoms with E-state index in [1.54, 1.807) is 0 Å². The van der Waals surface area contributed by atoms with E-state index in [-0.39, 0.29) is 17.2 Å². The van der Waals surface area contributed by atoms with Crippen LogP contribution in [0, 0.1) is 0 Å². The van der Waals surface area contributed by atoms with Gasteiger partial charge in [-0.15, -0.1) is 0 Å². The van der Waals surface area contributed by atoms with Gasteiger partial charge in [-0.3, -0.25) is 9.59 Å². The Kier molecular flexibility index (Phi) is 5.45. The quantitative estimate of drug-likeness (QED) is 0.773. The van der Waals surface area contributed by atoms with Gasteiger partial charge in [0.1, 0.15) is 0 Å². The van der Waals surface area contributed by atoms with E-state index in [4.69, 9.17) is 5.11 Å². The number of hydrogen-bond donors (Lipinski definition) is 2. The maximum absolute atomic E-state index is 12.1. The van der Waals surface area contributed by atoms with Crippen molar-refractivity contribution in [1.82, 2.24) is 9.62 Å². The number of amides is 1. The molecular weight excluding hydrogens is 296 g/mol. The zero-order valence-electron chi connectivity index (χ0n) is 12.0. The SMILES string of the molecule is CC(NS(=O)(=O)c1ccc(CC(=O)O)cc1)C(=O)N(C)C. The largest absolute Gasteiger partial charge is 0.481 e. The number of nitrogens with zero attached hydrogens (tertiary/aromatic N) is 1. The van der Waals surface area contributed by atoms with Gasteiger partial charge in [-0.05, 0) is 24.6 Å². The summed E-state index contributed by atoms with van der Waals surface area (Å²) in [5, 5.41) is 8.66. The van der Waals surface area contributed by atoms with Gasteiger partial charge in [0.05, 0.1) is 17.4 Å². The Morgan fingerprint density at radius 1 is 1.24 bits per heavy atom. The molecule has 1 rings (SSSR count). The Morgan fingerprint density at radius 2 is 1.76 bits per heavy atom. The molecule has 0 radical (unpaired) electrons. The van der Waals surface area contributed by atoms with E-state index in [0.717, 1.165) is 0 Å². The average molecular weight is 314 g/mol. The molecule has 0 spiro atoms. The third-order valence-corrected chi connectivity index (χ3v) is 4.29. The minimum Gasteiger partial charge on any atom is -0.481 e. The van der Waals surface area contributed by atoms with E-state index in [9.17, 15) is 18.0 Å². The van der Waals surface area contributed by atoms with Crippen LogP contribution in [-0.4, -0.2) is 50.4 Å². The molecule has 1 amide bonds. The molecule has 0 fully saturated rings. The third-order valence-electron chi connectivity index (χ3n) is 2.73. The summed E-state index contributed by atoms with van der Waals surface area (Å²) in [5.41, 5.74) is 0.499. The van der Waals surface area contributed by atoms with Crippen molar-refractivity contribution in [3.05, 3.63) is 29.8 Å². The van der Waals surface area contributed by atoms with Gasteiger partial charge in [-0.1, -0.05) is 12.1 Å². The van der Waals surface area contributed by atoms with Crippen LogP contribution in [0.3, 0.4) is 0 Å².